The number of sulfonamides is 1. The standard InChI is InChI=1S/C23H24ClNO2S/c1-16-8-11-20(12-9-16)19(4)25(21-7-5-6-17(2)14-21)28(26,27)22-13-10-18(3)23(24)15-22/h5-15,19H,1-4H3/t19-/m1/s1. The summed E-state index contributed by atoms with van der Waals surface area (Å²) in [7, 11) is -3.82. The van der Waals surface area contributed by atoms with Gasteiger partial charge < -0.3 is 0 Å². The van der Waals surface area contributed by atoms with Gasteiger partial charge in [-0.3, -0.25) is 4.31 Å². The van der Waals surface area contributed by atoms with E-state index in [0.717, 1.165) is 22.3 Å². The first-order valence-corrected chi connectivity index (χ1v) is 11.0. The lowest BCUT2D eigenvalue weighted by molar-refractivity contribution is 0.583. The fourth-order valence-electron chi connectivity index (χ4n) is 3.16. The molecule has 28 heavy (non-hydrogen) atoms. The number of anilines is 1. The average molecular weight is 414 g/mol. The van der Waals surface area contributed by atoms with Crippen molar-refractivity contribution in [2.45, 2.75) is 38.6 Å². The Balaban J connectivity index is 2.17. The first-order chi connectivity index (χ1) is 13.2. The van der Waals surface area contributed by atoms with Crippen LogP contribution in [0.5, 0.6) is 0 Å². The highest BCUT2D eigenvalue weighted by Crippen LogP contribution is 2.34. The molecule has 5 heteroatoms. The van der Waals surface area contributed by atoms with Crippen LogP contribution in [0.2, 0.25) is 5.02 Å². The molecule has 0 N–H and O–H groups in total. The van der Waals surface area contributed by atoms with E-state index >= 15 is 0 Å². The second kappa shape index (κ2) is 7.98. The fraction of sp³-hybridized carbons (Fsp3) is 0.217. The second-order valence-electron chi connectivity index (χ2n) is 7.14. The minimum absolute atomic E-state index is 0.184. The average Bonchev–Trinajstić information content (AvgIpc) is 2.64. The van der Waals surface area contributed by atoms with Gasteiger partial charge in [-0.1, -0.05) is 59.6 Å². The highest BCUT2D eigenvalue weighted by Gasteiger charge is 2.30. The molecule has 0 saturated carbocycles. The molecule has 0 aromatic heterocycles. The van der Waals surface area contributed by atoms with E-state index in [4.69, 9.17) is 11.6 Å². The van der Waals surface area contributed by atoms with Crippen LogP contribution in [0.3, 0.4) is 0 Å². The topological polar surface area (TPSA) is 37.4 Å². The maximum absolute atomic E-state index is 13.7. The van der Waals surface area contributed by atoms with Gasteiger partial charge in [-0.15, -0.1) is 0 Å². The molecule has 0 heterocycles. The van der Waals surface area contributed by atoms with E-state index in [9.17, 15) is 8.42 Å². The molecule has 0 bridgehead atoms. The highest BCUT2D eigenvalue weighted by atomic mass is 35.5. The maximum Gasteiger partial charge on any atom is 0.264 e. The summed E-state index contributed by atoms with van der Waals surface area (Å²) in [5, 5.41) is 0.438. The van der Waals surface area contributed by atoms with Crippen LogP contribution < -0.4 is 4.31 Å². The number of benzene rings is 3. The van der Waals surface area contributed by atoms with Crippen LogP contribution >= 0.6 is 11.6 Å². The first-order valence-electron chi connectivity index (χ1n) is 9.14. The molecule has 0 aliphatic carbocycles. The summed E-state index contributed by atoms with van der Waals surface area (Å²) >= 11 is 6.23. The molecule has 146 valence electrons. The molecular formula is C23H24ClNO2S. The Bertz CT molecular complexity index is 1090. The summed E-state index contributed by atoms with van der Waals surface area (Å²) in [5.74, 6) is 0. The lowest BCUT2D eigenvalue weighted by atomic mass is 10.1. The largest absolute Gasteiger partial charge is 0.264 e. The van der Waals surface area contributed by atoms with Gasteiger partial charge in [0.05, 0.1) is 16.6 Å². The van der Waals surface area contributed by atoms with Gasteiger partial charge in [-0.25, -0.2) is 8.42 Å². The Hall–Kier alpha value is -2.30. The smallest absolute Gasteiger partial charge is 0.259 e. The predicted molar refractivity (Wildman–Crippen MR) is 117 cm³/mol. The van der Waals surface area contributed by atoms with Crippen LogP contribution in [-0.2, 0) is 10.0 Å². The Morgan fingerprint density at radius 1 is 0.857 bits per heavy atom. The van der Waals surface area contributed by atoms with Gasteiger partial charge in [0, 0.05) is 5.02 Å². The van der Waals surface area contributed by atoms with E-state index in [1.807, 2.05) is 76.2 Å². The van der Waals surface area contributed by atoms with Gasteiger partial charge in [0.15, 0.2) is 0 Å². The molecule has 0 saturated heterocycles. The van der Waals surface area contributed by atoms with Crippen LogP contribution in [0.25, 0.3) is 0 Å². The third kappa shape index (κ3) is 4.08. The van der Waals surface area contributed by atoms with Crippen molar-refractivity contribution in [3.05, 3.63) is 94.0 Å². The van der Waals surface area contributed by atoms with Gasteiger partial charge >= 0.3 is 0 Å². The van der Waals surface area contributed by atoms with E-state index in [1.165, 1.54) is 10.4 Å². The zero-order valence-corrected chi connectivity index (χ0v) is 18.1. The normalized spacial score (nSPS) is 12.6. The highest BCUT2D eigenvalue weighted by molar-refractivity contribution is 7.92. The Kier molecular flexibility index (Phi) is 5.82. The fourth-order valence-corrected chi connectivity index (χ4v) is 5.07. The number of halogens is 1. The Morgan fingerprint density at radius 3 is 2.14 bits per heavy atom. The molecule has 0 aliphatic rings. The third-order valence-electron chi connectivity index (χ3n) is 4.87. The Morgan fingerprint density at radius 2 is 1.54 bits per heavy atom. The molecule has 3 aromatic rings. The number of nitrogens with zero attached hydrogens (tertiary/aromatic N) is 1. The van der Waals surface area contributed by atoms with Crippen molar-refractivity contribution in [2.24, 2.45) is 0 Å². The lowest BCUT2D eigenvalue weighted by Crippen LogP contribution is -2.33. The van der Waals surface area contributed by atoms with Gasteiger partial charge in [-0.05, 0) is 68.7 Å². The first kappa shape index (κ1) is 20.4. The summed E-state index contributed by atoms with van der Waals surface area (Å²) < 4.78 is 28.8. The minimum Gasteiger partial charge on any atom is -0.259 e. The van der Waals surface area contributed by atoms with Crippen LogP contribution in [0, 0.1) is 20.8 Å². The van der Waals surface area contributed by atoms with Crippen molar-refractivity contribution in [2.75, 3.05) is 4.31 Å². The SMILES string of the molecule is Cc1ccc([C@@H](C)N(c2cccc(C)c2)S(=O)(=O)c2ccc(C)c(Cl)c2)cc1. The number of hydrogen-bond acceptors (Lipinski definition) is 2. The Labute approximate surface area is 172 Å². The van der Waals surface area contributed by atoms with E-state index in [2.05, 4.69) is 0 Å². The van der Waals surface area contributed by atoms with Crippen LogP contribution in [0.4, 0.5) is 5.69 Å². The number of aryl methyl sites for hydroxylation is 3. The molecular weight excluding hydrogens is 390 g/mol. The molecule has 0 spiro atoms. The van der Waals surface area contributed by atoms with Crippen LogP contribution in [0.15, 0.2) is 71.6 Å². The second-order valence-corrected chi connectivity index (χ2v) is 9.36. The zero-order chi connectivity index (χ0) is 20.5. The molecule has 0 fully saturated rings. The summed E-state index contributed by atoms with van der Waals surface area (Å²) in [6.07, 6.45) is 0. The molecule has 0 amide bonds. The van der Waals surface area contributed by atoms with Crippen molar-refractivity contribution in [3.8, 4) is 0 Å². The molecule has 3 rings (SSSR count). The summed E-state index contributed by atoms with van der Waals surface area (Å²) in [4.78, 5) is 0.184. The predicted octanol–water partition coefficient (Wildman–Crippen LogP) is 6.22. The van der Waals surface area contributed by atoms with Gasteiger partial charge in [0.2, 0.25) is 0 Å². The maximum atomic E-state index is 13.7. The van der Waals surface area contributed by atoms with E-state index in [-0.39, 0.29) is 10.9 Å². The zero-order valence-electron chi connectivity index (χ0n) is 16.5. The van der Waals surface area contributed by atoms with Crippen molar-refractivity contribution in [3.63, 3.8) is 0 Å². The van der Waals surface area contributed by atoms with Crippen LogP contribution in [-0.4, -0.2) is 8.42 Å². The number of rotatable bonds is 5. The monoisotopic (exact) mass is 413 g/mol. The summed E-state index contributed by atoms with van der Waals surface area (Å²) in [6, 6.07) is 20.0. The quantitative estimate of drug-likeness (QED) is 0.497. The van der Waals surface area contributed by atoms with E-state index in [0.29, 0.717) is 10.7 Å². The third-order valence-corrected chi connectivity index (χ3v) is 7.17. The van der Waals surface area contributed by atoms with Gasteiger partial charge in [-0.2, -0.15) is 0 Å². The summed E-state index contributed by atoms with van der Waals surface area (Å²) in [6.45, 7) is 7.72. The minimum atomic E-state index is -3.82. The molecule has 1 atom stereocenters. The molecule has 3 nitrogen and oxygen atoms in total. The van der Waals surface area contributed by atoms with Crippen LogP contribution in [0.1, 0.15) is 35.2 Å². The van der Waals surface area contributed by atoms with E-state index in [1.54, 1.807) is 12.1 Å². The van der Waals surface area contributed by atoms with Crippen molar-refractivity contribution in [1.82, 2.24) is 0 Å². The van der Waals surface area contributed by atoms with E-state index < -0.39 is 10.0 Å². The van der Waals surface area contributed by atoms with Crippen molar-refractivity contribution >= 4 is 27.3 Å². The molecule has 3 aromatic carbocycles. The van der Waals surface area contributed by atoms with Crippen molar-refractivity contribution in [1.29, 1.82) is 0 Å². The molecule has 0 radical (unpaired) electrons. The summed E-state index contributed by atoms with van der Waals surface area (Å²) in [5.41, 5.74) is 4.52. The van der Waals surface area contributed by atoms with Gasteiger partial charge in [0.25, 0.3) is 10.0 Å². The molecule has 0 unspecified atom stereocenters. The number of hydrogen-bond donors (Lipinski definition) is 0. The van der Waals surface area contributed by atoms with Crippen molar-refractivity contribution < 1.29 is 8.42 Å². The van der Waals surface area contributed by atoms with Gasteiger partial charge in [0.1, 0.15) is 0 Å². The molecule has 0 aliphatic heterocycles. The lowest BCUT2D eigenvalue weighted by Gasteiger charge is -2.31.